The van der Waals surface area contributed by atoms with Gasteiger partial charge < -0.3 is 24.6 Å². The summed E-state index contributed by atoms with van der Waals surface area (Å²) in [6.07, 6.45) is 3.31. The monoisotopic (exact) mass is 371 g/mol. The lowest BCUT2D eigenvalue weighted by atomic mass is 10.1. The van der Waals surface area contributed by atoms with Gasteiger partial charge in [-0.25, -0.2) is 0 Å². The summed E-state index contributed by atoms with van der Waals surface area (Å²) >= 11 is 0. The molecule has 0 unspecified atom stereocenters. The van der Waals surface area contributed by atoms with Crippen molar-refractivity contribution in [2.75, 3.05) is 52.5 Å². The average molecular weight is 371 g/mol. The predicted octanol–water partition coefficient (Wildman–Crippen LogP) is -0.457. The standard InChI is InChI=1S/C9H15NO3.C8H14N2O3/c1-8(11)13-7-9(12)10-5-3-2-4-6-10;1-7(11)13-6-8(12)10-4-2-9-3-5-10/h2-7H2,1H3;9H,2-6H2,1H3. The molecular formula is C17H29N3O6. The van der Waals surface area contributed by atoms with E-state index in [4.69, 9.17) is 0 Å². The molecule has 0 aromatic heterocycles. The van der Waals surface area contributed by atoms with Crippen molar-refractivity contribution >= 4 is 23.8 Å². The summed E-state index contributed by atoms with van der Waals surface area (Å²) in [4.78, 5) is 47.0. The smallest absolute Gasteiger partial charge is 0.303 e. The van der Waals surface area contributed by atoms with Gasteiger partial charge in [-0.3, -0.25) is 19.2 Å². The van der Waals surface area contributed by atoms with Crippen LogP contribution in [0.2, 0.25) is 0 Å². The van der Waals surface area contributed by atoms with Crippen LogP contribution in [0.25, 0.3) is 0 Å². The lowest BCUT2D eigenvalue weighted by Gasteiger charge is -2.27. The Morgan fingerprint density at radius 1 is 0.731 bits per heavy atom. The van der Waals surface area contributed by atoms with Crippen molar-refractivity contribution < 1.29 is 28.7 Å². The van der Waals surface area contributed by atoms with Crippen molar-refractivity contribution in [2.24, 2.45) is 0 Å². The normalized spacial score (nSPS) is 16.8. The fourth-order valence-corrected chi connectivity index (χ4v) is 2.57. The topological polar surface area (TPSA) is 105 Å². The van der Waals surface area contributed by atoms with Crippen LogP contribution < -0.4 is 5.32 Å². The quantitative estimate of drug-likeness (QED) is 0.667. The number of likely N-dealkylation sites (tertiary alicyclic amines) is 1. The average Bonchev–Trinajstić information content (AvgIpc) is 2.66. The molecule has 0 bridgehead atoms. The number of carbonyl (C=O) groups excluding carboxylic acids is 4. The third-order valence-corrected chi connectivity index (χ3v) is 3.98. The first-order valence-electron chi connectivity index (χ1n) is 8.93. The van der Waals surface area contributed by atoms with Gasteiger partial charge in [-0.05, 0) is 19.3 Å². The van der Waals surface area contributed by atoms with Gasteiger partial charge in [0.25, 0.3) is 11.8 Å². The number of ether oxygens (including phenoxy) is 2. The first kappa shape index (κ1) is 21.9. The van der Waals surface area contributed by atoms with Crippen molar-refractivity contribution in [2.45, 2.75) is 33.1 Å². The van der Waals surface area contributed by atoms with Crippen LogP contribution in [0.4, 0.5) is 0 Å². The number of hydrogen-bond acceptors (Lipinski definition) is 7. The number of amides is 2. The third kappa shape index (κ3) is 9.36. The van der Waals surface area contributed by atoms with Crippen LogP contribution >= 0.6 is 0 Å². The number of rotatable bonds is 4. The van der Waals surface area contributed by atoms with Gasteiger partial charge >= 0.3 is 11.9 Å². The minimum atomic E-state index is -0.413. The molecule has 2 aliphatic heterocycles. The fourth-order valence-electron chi connectivity index (χ4n) is 2.57. The highest BCUT2D eigenvalue weighted by Gasteiger charge is 2.17. The van der Waals surface area contributed by atoms with Crippen LogP contribution in [-0.2, 0) is 28.7 Å². The second-order valence-electron chi connectivity index (χ2n) is 6.13. The minimum Gasteiger partial charge on any atom is -0.456 e. The van der Waals surface area contributed by atoms with Gasteiger partial charge in [0, 0.05) is 53.1 Å². The molecule has 0 aromatic carbocycles. The molecule has 0 aromatic rings. The summed E-state index contributed by atoms with van der Waals surface area (Å²) in [6, 6.07) is 0. The highest BCUT2D eigenvalue weighted by atomic mass is 16.5. The SMILES string of the molecule is CC(=O)OCC(=O)N1CCCCC1.CC(=O)OCC(=O)N1CCNCC1. The number of hydrogen-bond donors (Lipinski definition) is 1. The number of piperidine rings is 1. The molecule has 2 fully saturated rings. The van der Waals surface area contributed by atoms with E-state index < -0.39 is 11.9 Å². The number of carbonyl (C=O) groups is 4. The molecule has 1 N–H and O–H groups in total. The Morgan fingerprint density at radius 3 is 1.58 bits per heavy atom. The van der Waals surface area contributed by atoms with Crippen molar-refractivity contribution in [1.82, 2.24) is 15.1 Å². The van der Waals surface area contributed by atoms with Crippen LogP contribution in [0.3, 0.4) is 0 Å². The molecule has 148 valence electrons. The lowest BCUT2D eigenvalue weighted by molar-refractivity contribution is -0.150. The second-order valence-corrected chi connectivity index (χ2v) is 6.13. The number of nitrogens with one attached hydrogen (secondary N) is 1. The minimum absolute atomic E-state index is 0.0742. The summed E-state index contributed by atoms with van der Waals surface area (Å²) in [5.41, 5.74) is 0. The van der Waals surface area contributed by atoms with E-state index >= 15 is 0 Å². The first-order valence-corrected chi connectivity index (χ1v) is 8.93. The van der Waals surface area contributed by atoms with Gasteiger partial charge in [-0.15, -0.1) is 0 Å². The first-order chi connectivity index (χ1) is 12.4. The Balaban J connectivity index is 0.000000260. The van der Waals surface area contributed by atoms with Crippen LogP contribution in [0.5, 0.6) is 0 Å². The van der Waals surface area contributed by atoms with E-state index in [1.54, 1.807) is 9.80 Å². The molecule has 2 heterocycles. The summed E-state index contributed by atoms with van der Waals surface area (Å²) in [5.74, 6) is -1.000. The number of esters is 2. The Morgan fingerprint density at radius 2 is 1.15 bits per heavy atom. The van der Waals surface area contributed by atoms with Crippen molar-refractivity contribution in [3.05, 3.63) is 0 Å². The summed E-state index contributed by atoms with van der Waals surface area (Å²) in [7, 11) is 0. The molecule has 26 heavy (non-hydrogen) atoms. The molecule has 0 saturated carbocycles. The van der Waals surface area contributed by atoms with Crippen LogP contribution in [0.1, 0.15) is 33.1 Å². The molecule has 0 aliphatic carbocycles. The fraction of sp³-hybridized carbons (Fsp3) is 0.765. The van der Waals surface area contributed by atoms with Gasteiger partial charge in [0.15, 0.2) is 13.2 Å². The Labute approximate surface area is 154 Å². The highest BCUT2D eigenvalue weighted by Crippen LogP contribution is 2.08. The highest BCUT2D eigenvalue weighted by molar-refractivity contribution is 5.80. The molecule has 0 radical (unpaired) electrons. The zero-order valence-corrected chi connectivity index (χ0v) is 15.6. The van der Waals surface area contributed by atoms with Gasteiger partial charge in [0.2, 0.25) is 0 Å². The molecule has 0 spiro atoms. The predicted molar refractivity (Wildman–Crippen MR) is 93.1 cm³/mol. The van der Waals surface area contributed by atoms with Crippen molar-refractivity contribution in [3.63, 3.8) is 0 Å². The van der Waals surface area contributed by atoms with E-state index in [0.29, 0.717) is 13.1 Å². The van der Waals surface area contributed by atoms with Gasteiger partial charge in [0.05, 0.1) is 0 Å². The van der Waals surface area contributed by atoms with E-state index in [-0.39, 0.29) is 25.0 Å². The van der Waals surface area contributed by atoms with Gasteiger partial charge in [-0.2, -0.15) is 0 Å². The van der Waals surface area contributed by atoms with Gasteiger partial charge in [0.1, 0.15) is 0 Å². The van der Waals surface area contributed by atoms with E-state index in [0.717, 1.165) is 39.0 Å². The second kappa shape index (κ2) is 12.2. The van der Waals surface area contributed by atoms with Crippen LogP contribution in [0, 0.1) is 0 Å². The molecule has 9 nitrogen and oxygen atoms in total. The molecule has 2 saturated heterocycles. The van der Waals surface area contributed by atoms with E-state index in [2.05, 4.69) is 14.8 Å². The summed E-state index contributed by atoms with van der Waals surface area (Å²) < 4.78 is 9.23. The van der Waals surface area contributed by atoms with E-state index in [1.165, 1.54) is 20.3 Å². The molecular weight excluding hydrogens is 342 g/mol. The summed E-state index contributed by atoms with van der Waals surface area (Å²) in [5, 5.41) is 3.13. The molecule has 2 amide bonds. The number of nitrogens with zero attached hydrogens (tertiary/aromatic N) is 2. The zero-order chi connectivity index (χ0) is 19.4. The van der Waals surface area contributed by atoms with Crippen LogP contribution in [0.15, 0.2) is 0 Å². The molecule has 2 rings (SSSR count). The Hall–Kier alpha value is -2.16. The molecule has 9 heteroatoms. The lowest BCUT2D eigenvalue weighted by Crippen LogP contribution is -2.47. The maximum atomic E-state index is 11.4. The maximum absolute atomic E-state index is 11.4. The largest absolute Gasteiger partial charge is 0.456 e. The third-order valence-electron chi connectivity index (χ3n) is 3.98. The zero-order valence-electron chi connectivity index (χ0n) is 15.6. The number of piperazine rings is 1. The van der Waals surface area contributed by atoms with Gasteiger partial charge in [-0.1, -0.05) is 0 Å². The van der Waals surface area contributed by atoms with Crippen LogP contribution in [-0.4, -0.2) is 86.0 Å². The maximum Gasteiger partial charge on any atom is 0.303 e. The molecule has 2 aliphatic rings. The van der Waals surface area contributed by atoms with E-state index in [9.17, 15) is 19.2 Å². The molecule has 0 atom stereocenters. The van der Waals surface area contributed by atoms with Crippen molar-refractivity contribution in [1.29, 1.82) is 0 Å². The Bertz CT molecular complexity index is 441. The van der Waals surface area contributed by atoms with E-state index in [1.807, 2.05) is 0 Å². The Kier molecular flexibility index (Phi) is 10.3. The van der Waals surface area contributed by atoms with Crippen molar-refractivity contribution in [3.8, 4) is 0 Å². The summed E-state index contributed by atoms with van der Waals surface area (Å²) in [6.45, 7) is 7.00.